The van der Waals surface area contributed by atoms with Gasteiger partial charge in [0.25, 0.3) is 0 Å². The number of carbonyl (C=O) groups excluding carboxylic acids is 1. The number of ether oxygens (including phenoxy) is 2. The Hall–Kier alpha value is -0.430. The minimum Gasteiger partial charge on any atom is -0.468 e. The van der Waals surface area contributed by atoms with Crippen molar-refractivity contribution in [2.24, 2.45) is 5.41 Å². The fraction of sp³-hybridized carbons (Fsp3) is 0.545. The van der Waals surface area contributed by atoms with Crippen LogP contribution >= 0.6 is 27.3 Å². The third-order valence-electron chi connectivity index (χ3n) is 3.02. The zero-order valence-corrected chi connectivity index (χ0v) is 12.1. The molecule has 1 atom stereocenters. The summed E-state index contributed by atoms with van der Waals surface area (Å²) in [5.74, 6) is -0.215. The first-order chi connectivity index (χ1) is 8.14. The molecule has 1 aromatic heterocycles. The highest BCUT2D eigenvalue weighted by Crippen LogP contribution is 2.43. The first kappa shape index (κ1) is 13.0. The molecular weight excluding hydrogens is 306 g/mol. The second-order valence-corrected chi connectivity index (χ2v) is 5.89. The van der Waals surface area contributed by atoms with E-state index >= 15 is 0 Å². The zero-order valence-electron chi connectivity index (χ0n) is 9.66. The number of methoxy groups -OCH3 is 1. The largest absolute Gasteiger partial charge is 0.468 e. The molecule has 0 radical (unpaired) electrons. The summed E-state index contributed by atoms with van der Waals surface area (Å²) < 4.78 is 11.2. The molecule has 1 N–H and O–H groups in total. The standard InChI is InChI=1S/C11H14BrNO3S/c1-13-9(8-3-7(12)4-17-8)11(5-16-6-11)10(14)15-2/h3-4,9,13H,5-6H2,1-2H3. The number of thiophene rings is 1. The van der Waals surface area contributed by atoms with Gasteiger partial charge in [-0.2, -0.15) is 0 Å². The molecule has 1 unspecified atom stereocenters. The molecule has 0 saturated carbocycles. The number of rotatable bonds is 4. The van der Waals surface area contributed by atoms with Crippen molar-refractivity contribution in [3.8, 4) is 0 Å². The van der Waals surface area contributed by atoms with Gasteiger partial charge in [-0.05, 0) is 29.0 Å². The second-order valence-electron chi connectivity index (χ2n) is 4.03. The topological polar surface area (TPSA) is 47.6 Å². The van der Waals surface area contributed by atoms with Crippen LogP contribution in [0.15, 0.2) is 15.9 Å². The maximum absolute atomic E-state index is 11.9. The summed E-state index contributed by atoms with van der Waals surface area (Å²) in [6.07, 6.45) is 0. The van der Waals surface area contributed by atoms with Crippen LogP contribution in [-0.2, 0) is 14.3 Å². The van der Waals surface area contributed by atoms with Gasteiger partial charge in [0.05, 0.1) is 26.4 Å². The Balaban J connectivity index is 2.31. The minimum atomic E-state index is -0.589. The molecule has 0 aliphatic carbocycles. The van der Waals surface area contributed by atoms with Crippen LogP contribution in [0.3, 0.4) is 0 Å². The lowest BCUT2D eigenvalue weighted by molar-refractivity contribution is -0.189. The van der Waals surface area contributed by atoms with Crippen LogP contribution in [0.5, 0.6) is 0 Å². The first-order valence-corrected chi connectivity index (χ1v) is 6.88. The number of carbonyl (C=O) groups is 1. The van der Waals surface area contributed by atoms with E-state index in [0.29, 0.717) is 13.2 Å². The Morgan fingerprint density at radius 2 is 2.41 bits per heavy atom. The molecule has 4 nitrogen and oxygen atoms in total. The maximum atomic E-state index is 11.9. The van der Waals surface area contributed by atoms with Crippen molar-refractivity contribution in [2.45, 2.75) is 6.04 Å². The molecule has 94 valence electrons. The van der Waals surface area contributed by atoms with Gasteiger partial charge < -0.3 is 14.8 Å². The summed E-state index contributed by atoms with van der Waals surface area (Å²) in [4.78, 5) is 13.1. The molecule has 1 aliphatic heterocycles. The van der Waals surface area contributed by atoms with Gasteiger partial charge in [0, 0.05) is 14.7 Å². The van der Waals surface area contributed by atoms with Gasteiger partial charge in [-0.1, -0.05) is 0 Å². The molecule has 17 heavy (non-hydrogen) atoms. The summed E-state index contributed by atoms with van der Waals surface area (Å²) in [5, 5.41) is 5.20. The Morgan fingerprint density at radius 3 is 2.76 bits per heavy atom. The fourth-order valence-corrected chi connectivity index (χ4v) is 3.77. The number of halogens is 1. The van der Waals surface area contributed by atoms with Crippen molar-refractivity contribution in [1.82, 2.24) is 5.32 Å². The van der Waals surface area contributed by atoms with Crippen molar-refractivity contribution in [2.75, 3.05) is 27.4 Å². The smallest absolute Gasteiger partial charge is 0.318 e. The van der Waals surface area contributed by atoms with Crippen LogP contribution in [0.2, 0.25) is 0 Å². The van der Waals surface area contributed by atoms with E-state index in [0.717, 1.165) is 9.35 Å². The quantitative estimate of drug-likeness (QED) is 0.862. The van der Waals surface area contributed by atoms with E-state index in [4.69, 9.17) is 9.47 Å². The Bertz CT molecular complexity index is 417. The minimum absolute atomic E-state index is 0.0694. The summed E-state index contributed by atoms with van der Waals surface area (Å²) in [6, 6.07) is 1.95. The van der Waals surface area contributed by atoms with E-state index in [1.165, 1.54) is 7.11 Å². The fourth-order valence-electron chi connectivity index (χ4n) is 2.10. The summed E-state index contributed by atoms with van der Waals surface area (Å²) in [7, 11) is 3.26. The predicted octanol–water partition coefficient (Wildman–Crippen LogP) is 1.96. The first-order valence-electron chi connectivity index (χ1n) is 5.21. The number of hydrogen-bond acceptors (Lipinski definition) is 5. The van der Waals surface area contributed by atoms with E-state index < -0.39 is 5.41 Å². The lowest BCUT2D eigenvalue weighted by Gasteiger charge is -2.43. The van der Waals surface area contributed by atoms with Crippen molar-refractivity contribution in [3.63, 3.8) is 0 Å². The van der Waals surface area contributed by atoms with Crippen LogP contribution in [0, 0.1) is 5.41 Å². The van der Waals surface area contributed by atoms with E-state index in [-0.39, 0.29) is 12.0 Å². The van der Waals surface area contributed by atoms with Crippen LogP contribution in [-0.4, -0.2) is 33.3 Å². The monoisotopic (exact) mass is 319 g/mol. The van der Waals surface area contributed by atoms with Crippen LogP contribution in [0.25, 0.3) is 0 Å². The van der Waals surface area contributed by atoms with Crippen molar-refractivity contribution in [1.29, 1.82) is 0 Å². The SMILES string of the molecule is CNC(c1cc(Br)cs1)C1(C(=O)OC)COC1. The summed E-state index contributed by atoms with van der Waals surface area (Å²) in [5.41, 5.74) is -0.589. The molecule has 0 bridgehead atoms. The normalized spacial score (nSPS) is 19.5. The number of hydrogen-bond donors (Lipinski definition) is 1. The molecular formula is C11H14BrNO3S. The number of esters is 1. The van der Waals surface area contributed by atoms with Crippen molar-refractivity contribution < 1.29 is 14.3 Å². The third kappa shape index (κ3) is 2.14. The zero-order chi connectivity index (χ0) is 12.5. The lowest BCUT2D eigenvalue weighted by Crippen LogP contribution is -2.56. The summed E-state index contributed by atoms with van der Waals surface area (Å²) >= 11 is 5.04. The molecule has 0 amide bonds. The van der Waals surface area contributed by atoms with Crippen LogP contribution in [0.4, 0.5) is 0 Å². The molecule has 2 rings (SSSR count). The van der Waals surface area contributed by atoms with Crippen molar-refractivity contribution >= 4 is 33.2 Å². The van der Waals surface area contributed by atoms with Gasteiger partial charge in [-0.3, -0.25) is 4.79 Å². The Kier molecular flexibility index (Phi) is 3.87. The van der Waals surface area contributed by atoms with E-state index in [1.54, 1.807) is 11.3 Å². The average Bonchev–Trinajstić information content (AvgIpc) is 2.68. The molecule has 1 aromatic rings. The van der Waals surface area contributed by atoms with Gasteiger partial charge >= 0.3 is 5.97 Å². The van der Waals surface area contributed by atoms with E-state index in [1.807, 2.05) is 18.5 Å². The average molecular weight is 320 g/mol. The number of nitrogens with one attached hydrogen (secondary N) is 1. The molecule has 1 fully saturated rings. The van der Waals surface area contributed by atoms with E-state index in [2.05, 4.69) is 21.2 Å². The molecule has 0 aromatic carbocycles. The van der Waals surface area contributed by atoms with Crippen molar-refractivity contribution in [3.05, 3.63) is 20.8 Å². The molecule has 0 spiro atoms. The van der Waals surface area contributed by atoms with Gasteiger partial charge in [-0.25, -0.2) is 0 Å². The highest BCUT2D eigenvalue weighted by atomic mass is 79.9. The predicted molar refractivity (Wildman–Crippen MR) is 69.1 cm³/mol. The highest BCUT2D eigenvalue weighted by Gasteiger charge is 2.53. The molecule has 2 heterocycles. The highest BCUT2D eigenvalue weighted by molar-refractivity contribution is 9.10. The van der Waals surface area contributed by atoms with Crippen LogP contribution < -0.4 is 5.32 Å². The van der Waals surface area contributed by atoms with Gasteiger partial charge in [-0.15, -0.1) is 11.3 Å². The Morgan fingerprint density at radius 1 is 1.71 bits per heavy atom. The second kappa shape index (κ2) is 5.06. The van der Waals surface area contributed by atoms with Gasteiger partial charge in [0.15, 0.2) is 0 Å². The third-order valence-corrected chi connectivity index (χ3v) is 4.78. The molecule has 1 saturated heterocycles. The Labute approximate surface area is 112 Å². The van der Waals surface area contributed by atoms with Gasteiger partial charge in [0.2, 0.25) is 0 Å². The van der Waals surface area contributed by atoms with Gasteiger partial charge in [0.1, 0.15) is 5.41 Å². The summed E-state index contributed by atoms with van der Waals surface area (Å²) in [6.45, 7) is 0.807. The van der Waals surface area contributed by atoms with Crippen LogP contribution in [0.1, 0.15) is 10.9 Å². The molecule has 1 aliphatic rings. The molecule has 6 heteroatoms. The maximum Gasteiger partial charge on any atom is 0.318 e. The van der Waals surface area contributed by atoms with E-state index in [9.17, 15) is 4.79 Å². The lowest BCUT2D eigenvalue weighted by atomic mass is 9.77.